The lowest BCUT2D eigenvalue weighted by Crippen LogP contribution is -2.36. The van der Waals surface area contributed by atoms with Crippen molar-refractivity contribution in [3.63, 3.8) is 0 Å². The Bertz CT molecular complexity index is 1080. The maximum absolute atomic E-state index is 12.8. The van der Waals surface area contributed by atoms with Crippen molar-refractivity contribution in [2.45, 2.75) is 38.4 Å². The molecule has 4 rings (SSSR count). The molecule has 0 saturated carbocycles. The van der Waals surface area contributed by atoms with Gasteiger partial charge in [0, 0.05) is 37.9 Å². The Labute approximate surface area is 168 Å². The molecule has 2 aromatic heterocycles. The zero-order chi connectivity index (χ0) is 20.4. The minimum Gasteiger partial charge on any atom is -0.349 e. The highest BCUT2D eigenvalue weighted by atomic mass is 16.2. The number of hydrogen-bond donors (Lipinski definition) is 1. The maximum atomic E-state index is 12.8. The fourth-order valence-corrected chi connectivity index (χ4v) is 3.65. The molecule has 1 amide bonds. The summed E-state index contributed by atoms with van der Waals surface area (Å²) < 4.78 is 3.29. The average Bonchev–Trinajstić information content (AvgIpc) is 2.88. The van der Waals surface area contributed by atoms with Crippen molar-refractivity contribution in [3.8, 4) is 0 Å². The number of rotatable bonds is 5. The van der Waals surface area contributed by atoms with Gasteiger partial charge >= 0.3 is 5.69 Å². The van der Waals surface area contributed by atoms with E-state index >= 15 is 0 Å². The number of nitrogens with one attached hydrogen (secondary N) is 1. The Morgan fingerprint density at radius 2 is 2.07 bits per heavy atom. The second-order valence-corrected chi connectivity index (χ2v) is 7.60. The van der Waals surface area contributed by atoms with Gasteiger partial charge in [0.15, 0.2) is 0 Å². The third-order valence-corrected chi connectivity index (χ3v) is 5.25. The van der Waals surface area contributed by atoms with Crippen molar-refractivity contribution in [1.29, 1.82) is 0 Å². The first-order valence-corrected chi connectivity index (χ1v) is 9.85. The molecule has 9 heteroatoms. The molecular weight excluding hydrogens is 370 g/mol. The molecule has 1 aromatic carbocycles. The molecule has 3 aromatic rings. The van der Waals surface area contributed by atoms with Gasteiger partial charge in [0.2, 0.25) is 0 Å². The Morgan fingerprint density at radius 3 is 2.90 bits per heavy atom. The van der Waals surface area contributed by atoms with Gasteiger partial charge in [-0.15, -0.1) is 0 Å². The minimum absolute atomic E-state index is 0.0225. The summed E-state index contributed by atoms with van der Waals surface area (Å²) in [4.78, 5) is 36.1. The Balaban J connectivity index is 1.45. The molecule has 0 aliphatic carbocycles. The summed E-state index contributed by atoms with van der Waals surface area (Å²) >= 11 is 0. The molecule has 1 aliphatic heterocycles. The van der Waals surface area contributed by atoms with E-state index in [1.54, 1.807) is 27.7 Å². The first-order chi connectivity index (χ1) is 14.0. The van der Waals surface area contributed by atoms with E-state index in [0.29, 0.717) is 42.5 Å². The number of aromatic nitrogens is 5. The first-order valence-electron chi connectivity index (χ1n) is 9.85. The molecular formula is C20H25N7O2. The SMILES string of the molecule is CN(C)CCn1nc2n(c1=O)CCC(NC(=O)c1cccc3nccnc13)CC2. The van der Waals surface area contributed by atoms with E-state index in [0.717, 1.165) is 18.8 Å². The van der Waals surface area contributed by atoms with Crippen LogP contribution in [0, 0.1) is 0 Å². The molecule has 9 nitrogen and oxygen atoms in total. The summed E-state index contributed by atoms with van der Waals surface area (Å²) in [5, 5.41) is 7.61. The van der Waals surface area contributed by atoms with E-state index < -0.39 is 0 Å². The minimum atomic E-state index is -0.163. The van der Waals surface area contributed by atoms with Crippen LogP contribution in [0.2, 0.25) is 0 Å². The molecule has 0 radical (unpaired) electrons. The lowest BCUT2D eigenvalue weighted by molar-refractivity contribution is 0.0934. The molecule has 1 unspecified atom stereocenters. The molecule has 0 bridgehead atoms. The van der Waals surface area contributed by atoms with Gasteiger partial charge in [-0.1, -0.05) is 6.07 Å². The zero-order valence-corrected chi connectivity index (χ0v) is 16.7. The van der Waals surface area contributed by atoms with Crippen molar-refractivity contribution in [2.24, 2.45) is 0 Å². The number of carbonyl (C=O) groups excluding carboxylic acids is 1. The maximum Gasteiger partial charge on any atom is 0.345 e. The van der Waals surface area contributed by atoms with Crippen LogP contribution in [0.5, 0.6) is 0 Å². The Kier molecular flexibility index (Phi) is 5.39. The summed E-state index contributed by atoms with van der Waals surface area (Å²) in [6, 6.07) is 5.39. The molecule has 0 saturated heterocycles. The lowest BCUT2D eigenvalue weighted by atomic mass is 10.1. The summed E-state index contributed by atoms with van der Waals surface area (Å²) in [6.45, 7) is 1.90. The smallest absolute Gasteiger partial charge is 0.345 e. The second kappa shape index (κ2) is 8.12. The number of amides is 1. The van der Waals surface area contributed by atoms with Crippen LogP contribution in [0.25, 0.3) is 11.0 Å². The molecule has 3 heterocycles. The van der Waals surface area contributed by atoms with Crippen molar-refractivity contribution < 1.29 is 4.79 Å². The molecule has 152 valence electrons. The average molecular weight is 395 g/mol. The van der Waals surface area contributed by atoms with Crippen molar-refractivity contribution in [2.75, 3.05) is 20.6 Å². The van der Waals surface area contributed by atoms with E-state index in [1.165, 1.54) is 0 Å². The van der Waals surface area contributed by atoms with Crippen LogP contribution in [0.4, 0.5) is 0 Å². The van der Waals surface area contributed by atoms with Crippen molar-refractivity contribution in [1.82, 2.24) is 34.5 Å². The molecule has 29 heavy (non-hydrogen) atoms. The number of para-hydroxylation sites is 1. The fourth-order valence-electron chi connectivity index (χ4n) is 3.65. The third kappa shape index (κ3) is 4.04. The summed E-state index contributed by atoms with van der Waals surface area (Å²) in [5.74, 6) is 0.630. The van der Waals surface area contributed by atoms with E-state index in [-0.39, 0.29) is 17.6 Å². The van der Waals surface area contributed by atoms with Gasteiger partial charge in [0.1, 0.15) is 11.3 Å². The fraction of sp³-hybridized carbons (Fsp3) is 0.450. The van der Waals surface area contributed by atoms with E-state index in [4.69, 9.17) is 0 Å². The van der Waals surface area contributed by atoms with Gasteiger partial charge in [0.05, 0.1) is 17.6 Å². The number of nitrogens with zero attached hydrogens (tertiary/aromatic N) is 6. The Hall–Kier alpha value is -3.07. The van der Waals surface area contributed by atoms with Crippen molar-refractivity contribution in [3.05, 3.63) is 52.5 Å². The lowest BCUT2D eigenvalue weighted by Gasteiger charge is -2.16. The molecule has 0 spiro atoms. The largest absolute Gasteiger partial charge is 0.349 e. The number of benzene rings is 1. The Morgan fingerprint density at radius 1 is 1.24 bits per heavy atom. The summed E-state index contributed by atoms with van der Waals surface area (Å²) in [6.07, 6.45) is 5.29. The van der Waals surface area contributed by atoms with Crippen LogP contribution in [-0.2, 0) is 19.5 Å². The molecule has 1 N–H and O–H groups in total. The van der Waals surface area contributed by atoms with E-state index in [2.05, 4.69) is 20.4 Å². The predicted molar refractivity (Wildman–Crippen MR) is 109 cm³/mol. The molecule has 1 aliphatic rings. The number of carbonyl (C=O) groups is 1. The normalized spacial score (nSPS) is 16.6. The van der Waals surface area contributed by atoms with Gasteiger partial charge in [-0.2, -0.15) is 5.10 Å². The molecule has 1 atom stereocenters. The first kappa shape index (κ1) is 19.3. The topological polar surface area (TPSA) is 97.9 Å². The monoisotopic (exact) mass is 395 g/mol. The van der Waals surface area contributed by atoms with Crippen LogP contribution in [0.15, 0.2) is 35.4 Å². The van der Waals surface area contributed by atoms with Gasteiger partial charge in [-0.05, 0) is 39.1 Å². The zero-order valence-electron chi connectivity index (χ0n) is 16.7. The van der Waals surface area contributed by atoms with Gasteiger partial charge in [-0.25, -0.2) is 9.48 Å². The highest BCUT2D eigenvalue weighted by molar-refractivity contribution is 6.04. The quantitative estimate of drug-likeness (QED) is 0.682. The highest BCUT2D eigenvalue weighted by Crippen LogP contribution is 2.16. The summed E-state index contributed by atoms with van der Waals surface area (Å²) in [7, 11) is 3.95. The van der Waals surface area contributed by atoms with Gasteiger partial charge in [0.25, 0.3) is 5.91 Å². The number of hydrogen-bond acceptors (Lipinski definition) is 6. The van der Waals surface area contributed by atoms with E-state index in [9.17, 15) is 9.59 Å². The van der Waals surface area contributed by atoms with Crippen LogP contribution in [0.3, 0.4) is 0 Å². The number of aryl methyl sites for hydroxylation is 1. The van der Waals surface area contributed by atoms with Gasteiger partial charge in [-0.3, -0.25) is 19.3 Å². The van der Waals surface area contributed by atoms with Crippen LogP contribution in [-0.4, -0.2) is 61.8 Å². The number of likely N-dealkylation sites (N-methyl/N-ethyl adjacent to an activating group) is 1. The number of fused-ring (bicyclic) bond motifs is 2. The highest BCUT2D eigenvalue weighted by Gasteiger charge is 2.23. The molecule has 0 fully saturated rings. The predicted octanol–water partition coefficient (Wildman–Crippen LogP) is 0.685. The third-order valence-electron chi connectivity index (χ3n) is 5.25. The standard InChI is InChI=1S/C20H25N7O2/c1-25(2)12-13-27-20(29)26-11-8-14(6-7-17(26)24-27)23-19(28)15-4-3-5-16-18(15)22-10-9-21-16/h3-5,9-10,14H,6-8,11-13H2,1-2H3,(H,23,28). The van der Waals surface area contributed by atoms with Crippen LogP contribution >= 0.6 is 0 Å². The van der Waals surface area contributed by atoms with Gasteiger partial charge < -0.3 is 10.2 Å². The second-order valence-electron chi connectivity index (χ2n) is 7.60. The van der Waals surface area contributed by atoms with Crippen molar-refractivity contribution >= 4 is 16.9 Å². The van der Waals surface area contributed by atoms with E-state index in [1.807, 2.05) is 31.1 Å². The summed E-state index contributed by atoms with van der Waals surface area (Å²) in [5.41, 5.74) is 1.74. The van der Waals surface area contributed by atoms with Crippen LogP contribution in [0.1, 0.15) is 29.0 Å². The van der Waals surface area contributed by atoms with Crippen LogP contribution < -0.4 is 11.0 Å².